The third-order valence-electron chi connectivity index (χ3n) is 16.7. The molecule has 0 saturated heterocycles. The molecule has 0 aliphatic carbocycles. The number of nitrogen functional groups attached to an aromatic ring is 3. The Morgan fingerprint density at radius 2 is 1.02 bits per heavy atom. The maximum atomic E-state index is 13.0. The Kier molecular flexibility index (Phi) is 31.0. The predicted octanol–water partition coefficient (Wildman–Crippen LogP) is 18.2. The predicted molar refractivity (Wildman–Crippen MR) is 437 cm³/mol. The first-order valence-corrected chi connectivity index (χ1v) is 38.9. The van der Waals surface area contributed by atoms with Gasteiger partial charge in [0.25, 0.3) is 5.56 Å². The lowest BCUT2D eigenvalue weighted by molar-refractivity contribution is -0.151. The molecule has 0 saturated carbocycles. The molecule has 1 unspecified atom stereocenters. The summed E-state index contributed by atoms with van der Waals surface area (Å²) in [5.41, 5.74) is 33.5. The van der Waals surface area contributed by atoms with Gasteiger partial charge in [0.1, 0.15) is 11.7 Å². The van der Waals surface area contributed by atoms with Crippen LogP contribution in [0.25, 0.3) is 39.0 Å². The van der Waals surface area contributed by atoms with E-state index in [1.807, 2.05) is 110 Å². The summed E-state index contributed by atoms with van der Waals surface area (Å²) in [6.07, 6.45) is 1.54. The van der Waals surface area contributed by atoms with Gasteiger partial charge in [-0.1, -0.05) is 201 Å². The molecule has 564 valence electrons. The van der Waals surface area contributed by atoms with Gasteiger partial charge in [-0.05, 0) is 199 Å². The number of rotatable bonds is 9. The smallest absolute Gasteiger partial charge is 0.339 e. The zero-order valence-corrected chi connectivity index (χ0v) is 67.3. The number of nitrogens with one attached hydrogen (secondary N) is 6. The highest BCUT2D eigenvalue weighted by atomic mass is 36.0. The zero-order chi connectivity index (χ0) is 78.7. The van der Waals surface area contributed by atoms with E-state index in [0.717, 1.165) is 66.7 Å². The largest absolute Gasteiger partial charge is 0.465 e. The number of benzene rings is 7. The minimum Gasteiger partial charge on any atom is -0.465 e. The molecule has 0 spiro atoms. The number of nitrogens with zero attached hydrogens (tertiary/aromatic N) is 4. The lowest BCUT2D eigenvalue weighted by Crippen LogP contribution is -2.26. The van der Waals surface area contributed by atoms with Crippen molar-refractivity contribution in [2.24, 2.45) is 23.4 Å². The van der Waals surface area contributed by atoms with Gasteiger partial charge in [-0.25, -0.2) is 20.8 Å². The molecule has 105 heavy (non-hydrogen) atoms. The lowest BCUT2D eigenvalue weighted by atomic mass is 9.86. The van der Waals surface area contributed by atoms with E-state index in [2.05, 4.69) is 244 Å². The number of esters is 1. The second-order valence-electron chi connectivity index (χ2n) is 30.2. The first-order chi connectivity index (χ1) is 48.8. The second-order valence-corrected chi connectivity index (χ2v) is 37.2. The zero-order valence-electron chi connectivity index (χ0n) is 63.4. The van der Waals surface area contributed by atoms with Crippen molar-refractivity contribution < 1.29 is 23.7 Å². The molecule has 16 N–H and O–H groups in total. The molecule has 11 aromatic rings. The van der Waals surface area contributed by atoms with Crippen molar-refractivity contribution in [2.45, 2.75) is 171 Å². The van der Waals surface area contributed by atoms with Gasteiger partial charge in [0, 0.05) is 23.4 Å². The average molecular weight is 1530 g/mol. The highest BCUT2D eigenvalue weighted by molar-refractivity contribution is 8.24. The Labute approximate surface area is 635 Å². The van der Waals surface area contributed by atoms with Crippen molar-refractivity contribution in [3.05, 3.63) is 223 Å². The van der Waals surface area contributed by atoms with Crippen LogP contribution in [0.2, 0.25) is 5.28 Å². The number of ether oxygens (including phenoxy) is 1. The maximum absolute atomic E-state index is 13.0. The van der Waals surface area contributed by atoms with Crippen LogP contribution in [-0.2, 0) is 70.0 Å². The molecule has 5 heterocycles. The van der Waals surface area contributed by atoms with Crippen LogP contribution in [0.1, 0.15) is 173 Å². The van der Waals surface area contributed by atoms with E-state index in [1.54, 1.807) is 6.92 Å². The molecule has 1 amide bonds. The third kappa shape index (κ3) is 27.0. The number of hydrogen-bond donors (Lipinski definition) is 11. The van der Waals surface area contributed by atoms with Gasteiger partial charge in [-0.15, -0.1) is 0 Å². The van der Waals surface area contributed by atoms with Crippen molar-refractivity contribution in [1.82, 2.24) is 39.7 Å². The summed E-state index contributed by atoms with van der Waals surface area (Å²) < 4.78 is 15.9. The number of Topliss-reactive ketones (excluding diaryl/α,β-unsaturated/α-hetero) is 1. The van der Waals surface area contributed by atoms with Crippen molar-refractivity contribution in [2.75, 3.05) is 28.8 Å². The van der Waals surface area contributed by atoms with Crippen LogP contribution in [0.5, 0.6) is 0 Å². The molecule has 1 aliphatic heterocycles. The number of aromatic amines is 4. The molecule has 1 atom stereocenters. The average Bonchev–Trinajstić information content (AvgIpc) is 1.63. The number of halogens is 4. The maximum Gasteiger partial charge on any atom is 0.339 e. The number of amides is 1. The van der Waals surface area contributed by atoms with Crippen LogP contribution in [0.4, 0.5) is 23.0 Å². The lowest BCUT2D eigenvalue weighted by Gasteiger charge is -2.19. The van der Waals surface area contributed by atoms with Crippen LogP contribution in [0.15, 0.2) is 156 Å². The normalized spacial score (nSPS) is 12.2. The monoisotopic (exact) mass is 1530 g/mol. The number of carbonyl (C=O) groups excluding carboxylic acids is 3. The fourth-order valence-electron chi connectivity index (χ4n) is 10.5. The Hall–Kier alpha value is -8.76. The van der Waals surface area contributed by atoms with Crippen LogP contribution in [0, 0.1) is 12.8 Å². The van der Waals surface area contributed by atoms with E-state index in [9.17, 15) is 23.7 Å². The van der Waals surface area contributed by atoms with Gasteiger partial charge in [0.05, 0.1) is 57.5 Å². The molecule has 12 rings (SSSR count). The van der Waals surface area contributed by atoms with Gasteiger partial charge >= 0.3 is 11.2 Å². The van der Waals surface area contributed by atoms with Crippen LogP contribution < -0.4 is 45.3 Å². The molecular weight excluding hydrogens is 1430 g/mol. The first kappa shape index (κ1) is 86.9. The molecule has 0 radical (unpaired) electrons. The van der Waals surface area contributed by atoms with Crippen molar-refractivity contribution in [3.8, 4) is 5.95 Å². The van der Waals surface area contributed by atoms with E-state index in [-0.39, 0.29) is 44.3 Å². The summed E-state index contributed by atoms with van der Waals surface area (Å²) >= 11 is 19.6. The van der Waals surface area contributed by atoms with E-state index in [1.165, 1.54) is 39.4 Å². The summed E-state index contributed by atoms with van der Waals surface area (Å²) in [5.74, 6) is 13.2. The number of H-pyrrole nitrogens is 4. The minimum atomic E-state index is -3.22. The van der Waals surface area contributed by atoms with E-state index >= 15 is 0 Å². The van der Waals surface area contributed by atoms with E-state index < -0.39 is 17.1 Å². The molecule has 7 aromatic carbocycles. The van der Waals surface area contributed by atoms with Gasteiger partial charge in [0.15, 0.2) is 0 Å². The van der Waals surface area contributed by atoms with Crippen LogP contribution >= 0.6 is 50.5 Å². The Bertz CT molecular complexity index is 4790. The van der Waals surface area contributed by atoms with Gasteiger partial charge in [-0.2, -0.15) is 4.68 Å². The number of anilines is 4. The van der Waals surface area contributed by atoms with Crippen LogP contribution in [-0.4, -0.2) is 64.0 Å². The summed E-state index contributed by atoms with van der Waals surface area (Å²) in [7, 11) is 0. The number of imidazole rings is 3. The molecule has 0 bridgehead atoms. The number of fused-ring (bicyclic) bond motifs is 4. The van der Waals surface area contributed by atoms with Gasteiger partial charge in [0.2, 0.25) is 23.1 Å². The molecule has 26 heteroatoms. The highest BCUT2D eigenvalue weighted by Gasteiger charge is 2.26. The van der Waals surface area contributed by atoms with E-state index in [4.69, 9.17) is 33.6 Å². The number of aromatic nitrogens is 8. The minimum absolute atomic E-state index is 0.0577. The number of hydrazine groups is 2. The van der Waals surface area contributed by atoms with Gasteiger partial charge < -0.3 is 36.5 Å². The van der Waals surface area contributed by atoms with Crippen molar-refractivity contribution >= 4 is 124 Å². The topological polar surface area (TPSA) is 355 Å². The molecule has 1 aliphatic rings. The molecular formula is C79H104Cl4N15O6P. The van der Waals surface area contributed by atoms with E-state index in [0.29, 0.717) is 54.4 Å². The third-order valence-corrected chi connectivity index (χ3v) is 16.8. The molecule has 0 fully saturated rings. The number of carbonyl (C=O) groups is 3. The fraction of sp³-hybridized carbons (Fsp3) is 0.354. The number of aryl methyl sites for hydroxylation is 1. The second kappa shape index (κ2) is 37.5. The quantitative estimate of drug-likeness (QED) is 0.0160. The summed E-state index contributed by atoms with van der Waals surface area (Å²) in [6, 6.07) is 50.2. The summed E-state index contributed by atoms with van der Waals surface area (Å²) in [6.45, 7) is 38.0. The number of ketones is 1. The Morgan fingerprint density at radius 3 is 1.49 bits per heavy atom. The van der Waals surface area contributed by atoms with Crippen LogP contribution in [0.3, 0.4) is 0 Å². The molecule has 21 nitrogen and oxygen atoms in total. The summed E-state index contributed by atoms with van der Waals surface area (Å²) in [4.78, 5) is 69.5. The highest BCUT2D eigenvalue weighted by Crippen LogP contribution is 2.61. The fourth-order valence-corrected chi connectivity index (χ4v) is 10.7. The standard InChI is InChI=1S/C22H24N4O.C13H16O3.C12H15NO.C11H13ClN2.C11H16N4.C10H16N2.Cl3OP.H4N2/c1-14-17(12-15-8-6-5-7-9-15)20(27)26(25-14)21-23-18-11-10-16(22(2,3)4)13-19(18)24-21;1-3-16-13(15)12(10(2)14)9-11-7-5-4-6-8-11;1-12(2,3)9-4-5-10-8(6-9)7-11(14)13-10;1-11(2,3)7-4-5-8-9(6-7)14-10(12)13-8;1-11(2,3)7-4-5-8-9(6-7)14-10(13-8)15-12;1-10(2,3)7-4-5-8(11)9(12)6-7;1-5(2,3)4;1-2/h5-11,13,25H,12H2,1-4H3,(H,23,24);4-8,12H,3,9H2,1-2H3;4-6H,7H2,1-3H3,(H,13,14);4-6H,1-3H3,(H,13,14);4-6H,12H2,1-3H3,(H2,13,14,15);4-6H,11-12H2,1-3H3;;1-2H2. The molecule has 4 aromatic heterocycles. The van der Waals surface area contributed by atoms with Gasteiger partial charge in [-0.3, -0.25) is 46.0 Å². The number of hydrogen-bond acceptors (Lipinski definition) is 15. The van der Waals surface area contributed by atoms with Crippen molar-refractivity contribution in [1.29, 1.82) is 0 Å². The number of nitrogens with two attached hydrogens (primary N) is 5. The van der Waals surface area contributed by atoms with Crippen molar-refractivity contribution in [3.63, 3.8) is 0 Å². The summed E-state index contributed by atoms with van der Waals surface area (Å²) in [5, 5.41) is 3.23. The SMILES string of the molecule is CC(C)(C)c1ccc(N)c(N)c1.CC(C)(C)c1ccc2c(c1)CC(=O)N2.CC(C)(C)c1ccc2nc(Cl)[nH]c2c1.CC(C)(C)c1ccc2nc(NN)[nH]c2c1.CCOC(=O)C(Cc1ccccc1)C(C)=O.Cc1[nH]n(-c2nc3ccc(C(C)(C)C)cc3[nH]2)c(=O)c1Cc1ccccc1.NN.O=P(Cl)(Cl)Cl. The Morgan fingerprint density at radius 1 is 0.590 bits per heavy atom. The first-order valence-electron chi connectivity index (χ1n) is 34.1. The Balaban J connectivity index is 0.000000227.